The molecule has 1 aromatic heterocycles. The van der Waals surface area contributed by atoms with E-state index in [9.17, 15) is 4.79 Å². The Balaban J connectivity index is 2.60. The minimum Gasteiger partial charge on any atom is -0.468 e. The summed E-state index contributed by atoms with van der Waals surface area (Å²) in [5, 5.41) is 3.12. The summed E-state index contributed by atoms with van der Waals surface area (Å²) in [4.78, 5) is 15.4. The van der Waals surface area contributed by atoms with Crippen LogP contribution in [-0.2, 0) is 16.6 Å². The topological polar surface area (TPSA) is 56.1 Å². The molecule has 2 atom stereocenters. The molecule has 0 radical (unpaired) electrons. The normalized spacial score (nSPS) is 14.7. The van der Waals surface area contributed by atoms with Crippen molar-refractivity contribution >= 4 is 5.97 Å². The fourth-order valence-corrected chi connectivity index (χ4v) is 1.49. The van der Waals surface area contributed by atoms with Crippen molar-refractivity contribution in [1.29, 1.82) is 0 Å². The minimum absolute atomic E-state index is 0.0131. The van der Waals surface area contributed by atoms with Gasteiger partial charge in [0.05, 0.1) is 13.2 Å². The predicted molar refractivity (Wildman–Crippen MR) is 56.2 cm³/mol. The molecule has 0 saturated heterocycles. The van der Waals surface area contributed by atoms with Gasteiger partial charge in [-0.15, -0.1) is 0 Å². The maximum atomic E-state index is 11.2. The second-order valence-corrected chi connectivity index (χ2v) is 3.53. The molecule has 0 saturated carbocycles. The molecule has 1 aromatic rings. The van der Waals surface area contributed by atoms with E-state index in [2.05, 4.69) is 15.0 Å². The SMILES string of the molecule is COC(=O)[C@H](C)NC(C)c1nccn1C. The number of hydrogen-bond donors (Lipinski definition) is 1. The minimum atomic E-state index is -0.332. The fraction of sp³-hybridized carbons (Fsp3) is 0.600. The van der Waals surface area contributed by atoms with Gasteiger partial charge in [0.2, 0.25) is 0 Å². The Morgan fingerprint density at radius 3 is 2.73 bits per heavy atom. The Morgan fingerprint density at radius 2 is 2.27 bits per heavy atom. The molecule has 0 spiro atoms. The van der Waals surface area contributed by atoms with E-state index >= 15 is 0 Å². The van der Waals surface area contributed by atoms with E-state index in [-0.39, 0.29) is 18.1 Å². The second kappa shape index (κ2) is 4.93. The monoisotopic (exact) mass is 211 g/mol. The van der Waals surface area contributed by atoms with Crippen molar-refractivity contribution in [1.82, 2.24) is 14.9 Å². The average molecular weight is 211 g/mol. The molecule has 84 valence electrons. The van der Waals surface area contributed by atoms with Gasteiger partial charge in [0.25, 0.3) is 0 Å². The molecule has 5 nitrogen and oxygen atoms in total. The second-order valence-electron chi connectivity index (χ2n) is 3.53. The van der Waals surface area contributed by atoms with Crippen LogP contribution in [0, 0.1) is 0 Å². The lowest BCUT2D eigenvalue weighted by molar-refractivity contribution is -0.142. The summed E-state index contributed by atoms with van der Waals surface area (Å²) in [5.41, 5.74) is 0. The first-order chi connectivity index (χ1) is 7.06. The zero-order chi connectivity index (χ0) is 11.4. The van der Waals surface area contributed by atoms with Gasteiger partial charge in [-0.1, -0.05) is 0 Å². The summed E-state index contributed by atoms with van der Waals surface area (Å²) in [5.74, 6) is 0.627. The van der Waals surface area contributed by atoms with Gasteiger partial charge in [0.15, 0.2) is 0 Å². The number of hydrogen-bond acceptors (Lipinski definition) is 4. The molecule has 1 heterocycles. The molecule has 1 N–H and O–H groups in total. The lowest BCUT2D eigenvalue weighted by atomic mass is 10.2. The third-order valence-electron chi connectivity index (χ3n) is 2.30. The number of carbonyl (C=O) groups is 1. The number of imidazole rings is 1. The third kappa shape index (κ3) is 2.79. The molecule has 0 aliphatic heterocycles. The van der Waals surface area contributed by atoms with E-state index in [1.165, 1.54) is 7.11 Å². The first-order valence-corrected chi connectivity index (χ1v) is 4.87. The Bertz CT molecular complexity index is 335. The highest BCUT2D eigenvalue weighted by atomic mass is 16.5. The number of nitrogens with one attached hydrogen (secondary N) is 1. The first kappa shape index (κ1) is 11.7. The van der Waals surface area contributed by atoms with Crippen molar-refractivity contribution in [3.63, 3.8) is 0 Å². The van der Waals surface area contributed by atoms with Crippen LogP contribution in [0.25, 0.3) is 0 Å². The van der Waals surface area contributed by atoms with E-state index in [0.717, 1.165) is 5.82 Å². The predicted octanol–water partition coefficient (Wildman–Crippen LogP) is 0.632. The number of rotatable bonds is 4. The zero-order valence-corrected chi connectivity index (χ0v) is 9.52. The highest BCUT2D eigenvalue weighted by Gasteiger charge is 2.18. The smallest absolute Gasteiger partial charge is 0.322 e. The van der Waals surface area contributed by atoms with E-state index in [1.807, 2.05) is 24.7 Å². The zero-order valence-electron chi connectivity index (χ0n) is 9.52. The number of aryl methyl sites for hydroxylation is 1. The Morgan fingerprint density at radius 1 is 1.60 bits per heavy atom. The van der Waals surface area contributed by atoms with Crippen LogP contribution in [0.15, 0.2) is 12.4 Å². The molecule has 0 aliphatic rings. The summed E-state index contributed by atoms with van der Waals surface area (Å²) in [6.45, 7) is 3.73. The van der Waals surface area contributed by atoms with Crippen molar-refractivity contribution in [3.05, 3.63) is 18.2 Å². The maximum absolute atomic E-state index is 11.2. The number of esters is 1. The number of aromatic nitrogens is 2. The van der Waals surface area contributed by atoms with Crippen LogP contribution in [-0.4, -0.2) is 28.7 Å². The molecule has 0 fully saturated rings. The van der Waals surface area contributed by atoms with Crippen molar-refractivity contribution in [2.75, 3.05) is 7.11 Å². The summed E-state index contributed by atoms with van der Waals surface area (Å²) in [6, 6.07) is -0.319. The van der Waals surface area contributed by atoms with Gasteiger partial charge in [0, 0.05) is 19.4 Å². The van der Waals surface area contributed by atoms with Crippen LogP contribution in [0.5, 0.6) is 0 Å². The first-order valence-electron chi connectivity index (χ1n) is 4.87. The van der Waals surface area contributed by atoms with Gasteiger partial charge >= 0.3 is 5.97 Å². The van der Waals surface area contributed by atoms with Gasteiger partial charge in [-0.2, -0.15) is 0 Å². The summed E-state index contributed by atoms with van der Waals surface area (Å²) < 4.78 is 6.55. The Hall–Kier alpha value is -1.36. The Labute approximate surface area is 89.4 Å². The molecule has 15 heavy (non-hydrogen) atoms. The quantitative estimate of drug-likeness (QED) is 0.742. The van der Waals surface area contributed by atoms with Crippen LogP contribution in [0.3, 0.4) is 0 Å². The van der Waals surface area contributed by atoms with Crippen molar-refractivity contribution in [3.8, 4) is 0 Å². The maximum Gasteiger partial charge on any atom is 0.322 e. The summed E-state index contributed by atoms with van der Waals surface area (Å²) in [7, 11) is 3.30. The number of methoxy groups -OCH3 is 1. The van der Waals surface area contributed by atoms with Gasteiger partial charge < -0.3 is 9.30 Å². The van der Waals surface area contributed by atoms with Crippen LogP contribution in [0.4, 0.5) is 0 Å². The fourth-order valence-electron chi connectivity index (χ4n) is 1.49. The van der Waals surface area contributed by atoms with Gasteiger partial charge in [0.1, 0.15) is 11.9 Å². The standard InChI is InChI=1S/C10H17N3O2/c1-7(9-11-5-6-13(9)3)12-8(2)10(14)15-4/h5-8,12H,1-4H3/t7?,8-/m0/s1. The van der Waals surface area contributed by atoms with Gasteiger partial charge in [-0.05, 0) is 13.8 Å². The van der Waals surface area contributed by atoms with E-state index < -0.39 is 0 Å². The van der Waals surface area contributed by atoms with Crippen LogP contribution >= 0.6 is 0 Å². The van der Waals surface area contributed by atoms with Crippen LogP contribution < -0.4 is 5.32 Å². The van der Waals surface area contributed by atoms with Gasteiger partial charge in [-0.25, -0.2) is 4.98 Å². The number of nitrogens with zero attached hydrogens (tertiary/aromatic N) is 2. The van der Waals surface area contributed by atoms with Crippen molar-refractivity contribution in [2.45, 2.75) is 25.9 Å². The third-order valence-corrected chi connectivity index (χ3v) is 2.30. The van der Waals surface area contributed by atoms with E-state index in [4.69, 9.17) is 0 Å². The van der Waals surface area contributed by atoms with Crippen molar-refractivity contribution in [2.24, 2.45) is 7.05 Å². The van der Waals surface area contributed by atoms with Crippen LogP contribution in [0.1, 0.15) is 25.7 Å². The lowest BCUT2D eigenvalue weighted by Crippen LogP contribution is -2.37. The molecule has 0 bridgehead atoms. The molecular formula is C10H17N3O2. The molecule has 1 unspecified atom stereocenters. The van der Waals surface area contributed by atoms with Gasteiger partial charge in [-0.3, -0.25) is 10.1 Å². The molecule has 5 heteroatoms. The van der Waals surface area contributed by atoms with Crippen molar-refractivity contribution < 1.29 is 9.53 Å². The average Bonchev–Trinajstić information content (AvgIpc) is 2.63. The Kier molecular flexibility index (Phi) is 3.85. The lowest BCUT2D eigenvalue weighted by Gasteiger charge is -2.17. The number of ether oxygens (including phenoxy) is 1. The molecular weight excluding hydrogens is 194 g/mol. The highest BCUT2D eigenvalue weighted by Crippen LogP contribution is 2.09. The summed E-state index contributed by atoms with van der Waals surface area (Å²) >= 11 is 0. The van der Waals surface area contributed by atoms with E-state index in [1.54, 1.807) is 13.1 Å². The van der Waals surface area contributed by atoms with E-state index in [0.29, 0.717) is 0 Å². The largest absolute Gasteiger partial charge is 0.468 e. The highest BCUT2D eigenvalue weighted by molar-refractivity contribution is 5.75. The molecule has 0 amide bonds. The molecule has 1 rings (SSSR count). The molecule has 0 aromatic carbocycles. The molecule has 0 aliphatic carbocycles. The van der Waals surface area contributed by atoms with Crippen LogP contribution in [0.2, 0.25) is 0 Å². The number of carbonyl (C=O) groups excluding carboxylic acids is 1. The summed E-state index contributed by atoms with van der Waals surface area (Å²) in [6.07, 6.45) is 3.60.